The lowest BCUT2D eigenvalue weighted by molar-refractivity contribution is 0.239. The molecule has 2 aromatic rings. The molecule has 2 heteroatoms. The third-order valence-corrected chi connectivity index (χ3v) is 3.36. The Morgan fingerprint density at radius 1 is 0.941 bits per heavy atom. The van der Waals surface area contributed by atoms with Gasteiger partial charge in [-0.05, 0) is 11.6 Å². The van der Waals surface area contributed by atoms with E-state index in [2.05, 4.69) is 18.2 Å². The van der Waals surface area contributed by atoms with Gasteiger partial charge in [-0.2, -0.15) is 0 Å². The zero-order chi connectivity index (χ0) is 11.7. The van der Waals surface area contributed by atoms with Crippen LogP contribution in [0.4, 0.5) is 0 Å². The maximum absolute atomic E-state index is 6.34. The standard InChI is InChI=1S/C15H15NO/c16-15-12-8-4-5-9-14(12)17-10-13(15)11-6-2-1-3-7-11/h1-9,13,15H,10,16H2. The topological polar surface area (TPSA) is 35.2 Å². The molecule has 0 aromatic heterocycles. The molecule has 86 valence electrons. The lowest BCUT2D eigenvalue weighted by Crippen LogP contribution is -2.29. The Balaban J connectivity index is 1.97. The highest BCUT2D eigenvalue weighted by Crippen LogP contribution is 2.38. The van der Waals surface area contributed by atoms with Gasteiger partial charge >= 0.3 is 0 Å². The van der Waals surface area contributed by atoms with Gasteiger partial charge in [-0.15, -0.1) is 0 Å². The van der Waals surface area contributed by atoms with Gasteiger partial charge in [-0.1, -0.05) is 48.5 Å². The van der Waals surface area contributed by atoms with Crippen molar-refractivity contribution in [1.29, 1.82) is 0 Å². The van der Waals surface area contributed by atoms with E-state index in [1.807, 2.05) is 36.4 Å². The minimum atomic E-state index is 0.0161. The first-order valence-corrected chi connectivity index (χ1v) is 5.88. The fourth-order valence-electron chi connectivity index (χ4n) is 2.39. The van der Waals surface area contributed by atoms with E-state index in [9.17, 15) is 0 Å². The van der Waals surface area contributed by atoms with Crippen LogP contribution in [0.2, 0.25) is 0 Å². The highest BCUT2D eigenvalue weighted by molar-refractivity contribution is 5.40. The minimum absolute atomic E-state index is 0.0161. The number of benzene rings is 2. The second-order valence-electron chi connectivity index (χ2n) is 4.39. The molecule has 2 nitrogen and oxygen atoms in total. The Labute approximate surface area is 101 Å². The van der Waals surface area contributed by atoms with Gasteiger partial charge in [0.15, 0.2) is 0 Å². The Hall–Kier alpha value is -1.80. The van der Waals surface area contributed by atoms with Crippen molar-refractivity contribution in [3.63, 3.8) is 0 Å². The summed E-state index contributed by atoms with van der Waals surface area (Å²) in [6, 6.07) is 18.4. The summed E-state index contributed by atoms with van der Waals surface area (Å²) in [5.41, 5.74) is 8.69. The highest BCUT2D eigenvalue weighted by atomic mass is 16.5. The van der Waals surface area contributed by atoms with Crippen molar-refractivity contribution >= 4 is 0 Å². The Kier molecular flexibility index (Phi) is 2.57. The van der Waals surface area contributed by atoms with Crippen molar-refractivity contribution in [2.24, 2.45) is 5.73 Å². The van der Waals surface area contributed by atoms with E-state index in [-0.39, 0.29) is 12.0 Å². The van der Waals surface area contributed by atoms with E-state index in [1.165, 1.54) is 5.56 Å². The van der Waals surface area contributed by atoms with Crippen LogP contribution in [0.5, 0.6) is 5.75 Å². The average molecular weight is 225 g/mol. The fourth-order valence-corrected chi connectivity index (χ4v) is 2.39. The molecule has 2 atom stereocenters. The molecule has 3 rings (SSSR count). The van der Waals surface area contributed by atoms with E-state index in [4.69, 9.17) is 10.5 Å². The molecule has 0 amide bonds. The summed E-state index contributed by atoms with van der Waals surface area (Å²) in [5, 5.41) is 0. The second kappa shape index (κ2) is 4.22. The minimum Gasteiger partial charge on any atom is -0.493 e. The average Bonchev–Trinajstić information content (AvgIpc) is 2.40. The summed E-state index contributed by atoms with van der Waals surface area (Å²) < 4.78 is 5.78. The van der Waals surface area contributed by atoms with E-state index < -0.39 is 0 Å². The van der Waals surface area contributed by atoms with Gasteiger partial charge < -0.3 is 10.5 Å². The molecule has 0 aliphatic carbocycles. The zero-order valence-corrected chi connectivity index (χ0v) is 9.54. The van der Waals surface area contributed by atoms with E-state index in [1.54, 1.807) is 0 Å². The van der Waals surface area contributed by atoms with Crippen LogP contribution in [0, 0.1) is 0 Å². The summed E-state index contributed by atoms with van der Waals surface area (Å²) in [7, 11) is 0. The molecule has 2 N–H and O–H groups in total. The van der Waals surface area contributed by atoms with Crippen LogP contribution < -0.4 is 10.5 Å². The highest BCUT2D eigenvalue weighted by Gasteiger charge is 2.28. The van der Waals surface area contributed by atoms with Gasteiger partial charge in [0.25, 0.3) is 0 Å². The van der Waals surface area contributed by atoms with Gasteiger partial charge in [-0.3, -0.25) is 0 Å². The fraction of sp³-hybridized carbons (Fsp3) is 0.200. The van der Waals surface area contributed by atoms with Crippen molar-refractivity contribution in [1.82, 2.24) is 0 Å². The number of hydrogen-bond acceptors (Lipinski definition) is 2. The number of nitrogens with two attached hydrogens (primary N) is 1. The molecular formula is C15H15NO. The van der Waals surface area contributed by atoms with Crippen molar-refractivity contribution < 1.29 is 4.74 Å². The first kappa shape index (κ1) is 10.4. The molecule has 0 saturated heterocycles. The van der Waals surface area contributed by atoms with Crippen LogP contribution in [0.25, 0.3) is 0 Å². The van der Waals surface area contributed by atoms with Gasteiger partial charge in [-0.25, -0.2) is 0 Å². The van der Waals surface area contributed by atoms with Crippen LogP contribution in [0.15, 0.2) is 54.6 Å². The van der Waals surface area contributed by atoms with Gasteiger partial charge in [0, 0.05) is 17.5 Å². The van der Waals surface area contributed by atoms with Crippen molar-refractivity contribution in [2.45, 2.75) is 12.0 Å². The number of rotatable bonds is 1. The summed E-state index contributed by atoms with van der Waals surface area (Å²) in [6.07, 6.45) is 0. The van der Waals surface area contributed by atoms with Crippen LogP contribution in [0.3, 0.4) is 0 Å². The second-order valence-corrected chi connectivity index (χ2v) is 4.39. The molecule has 17 heavy (non-hydrogen) atoms. The normalized spacial score (nSPS) is 22.6. The first-order chi connectivity index (χ1) is 8.36. The maximum atomic E-state index is 6.34. The Bertz CT molecular complexity index is 509. The smallest absolute Gasteiger partial charge is 0.124 e. The van der Waals surface area contributed by atoms with Crippen molar-refractivity contribution in [2.75, 3.05) is 6.61 Å². The Morgan fingerprint density at radius 3 is 2.47 bits per heavy atom. The summed E-state index contributed by atoms with van der Waals surface area (Å²) >= 11 is 0. The number of para-hydroxylation sites is 1. The SMILES string of the molecule is NC1c2ccccc2OCC1c1ccccc1. The van der Waals surface area contributed by atoms with Gasteiger partial charge in [0.05, 0.1) is 6.61 Å². The Morgan fingerprint density at radius 2 is 1.65 bits per heavy atom. The predicted octanol–water partition coefficient (Wildman–Crippen LogP) is 2.86. The van der Waals surface area contributed by atoms with Crippen LogP contribution in [-0.4, -0.2) is 6.61 Å². The molecule has 0 fully saturated rings. The molecule has 0 bridgehead atoms. The third-order valence-electron chi connectivity index (χ3n) is 3.36. The first-order valence-electron chi connectivity index (χ1n) is 5.88. The lowest BCUT2D eigenvalue weighted by atomic mass is 9.86. The van der Waals surface area contributed by atoms with Crippen LogP contribution >= 0.6 is 0 Å². The quantitative estimate of drug-likeness (QED) is 0.810. The number of ether oxygens (including phenoxy) is 1. The summed E-state index contributed by atoms with van der Waals surface area (Å²) in [6.45, 7) is 0.655. The lowest BCUT2D eigenvalue weighted by Gasteiger charge is -2.31. The van der Waals surface area contributed by atoms with Crippen LogP contribution in [0.1, 0.15) is 23.1 Å². The molecule has 2 unspecified atom stereocenters. The molecule has 1 aliphatic rings. The maximum Gasteiger partial charge on any atom is 0.124 e. The molecular weight excluding hydrogens is 210 g/mol. The number of fused-ring (bicyclic) bond motifs is 1. The van der Waals surface area contributed by atoms with E-state index in [0.717, 1.165) is 11.3 Å². The predicted molar refractivity (Wildman–Crippen MR) is 68.0 cm³/mol. The molecule has 0 saturated carbocycles. The molecule has 0 spiro atoms. The van der Waals surface area contributed by atoms with Gasteiger partial charge in [0.1, 0.15) is 5.75 Å². The third kappa shape index (κ3) is 1.81. The largest absolute Gasteiger partial charge is 0.493 e. The molecule has 1 heterocycles. The molecule has 1 aliphatic heterocycles. The van der Waals surface area contributed by atoms with Crippen molar-refractivity contribution in [3.05, 3.63) is 65.7 Å². The summed E-state index contributed by atoms with van der Waals surface area (Å²) in [5.74, 6) is 1.17. The van der Waals surface area contributed by atoms with E-state index in [0.29, 0.717) is 6.61 Å². The van der Waals surface area contributed by atoms with Crippen LogP contribution in [-0.2, 0) is 0 Å². The number of hydrogen-bond donors (Lipinski definition) is 1. The van der Waals surface area contributed by atoms with Gasteiger partial charge in [0.2, 0.25) is 0 Å². The monoisotopic (exact) mass is 225 g/mol. The molecule has 0 radical (unpaired) electrons. The van der Waals surface area contributed by atoms with E-state index >= 15 is 0 Å². The molecule has 2 aromatic carbocycles. The zero-order valence-electron chi connectivity index (χ0n) is 9.54. The van der Waals surface area contributed by atoms with Crippen molar-refractivity contribution in [3.8, 4) is 5.75 Å². The summed E-state index contributed by atoms with van der Waals surface area (Å²) in [4.78, 5) is 0.